The van der Waals surface area contributed by atoms with Gasteiger partial charge in [0.15, 0.2) is 0 Å². The molecule has 0 spiro atoms. The molecule has 1 aromatic rings. The van der Waals surface area contributed by atoms with E-state index in [4.69, 9.17) is 4.74 Å². The first-order valence-electron chi connectivity index (χ1n) is 6.65. The number of ether oxygens (including phenoxy) is 1. The molecule has 1 atom stereocenters. The lowest BCUT2D eigenvalue weighted by atomic mass is 9.92. The Bertz CT molecular complexity index is 568. The molecule has 0 aromatic carbocycles. The van der Waals surface area contributed by atoms with Crippen molar-refractivity contribution >= 4 is 5.91 Å². The number of rotatable bonds is 2. The van der Waals surface area contributed by atoms with E-state index in [9.17, 15) is 13.6 Å². The van der Waals surface area contributed by atoms with Crippen molar-refractivity contribution in [3.05, 3.63) is 29.1 Å². The molecule has 0 aliphatic carbocycles. The lowest BCUT2D eigenvalue weighted by Crippen LogP contribution is -2.58. The third-order valence-electron chi connectivity index (χ3n) is 4.13. The monoisotopic (exact) mass is 282 g/mol. The molecule has 1 fully saturated rings. The van der Waals surface area contributed by atoms with Gasteiger partial charge in [-0.3, -0.25) is 9.78 Å². The van der Waals surface area contributed by atoms with Crippen LogP contribution in [-0.4, -0.2) is 34.8 Å². The fourth-order valence-corrected chi connectivity index (χ4v) is 2.63. The zero-order chi connectivity index (χ0) is 14.5. The molecule has 1 aromatic heterocycles. The lowest BCUT2D eigenvalue weighted by Gasteiger charge is -2.38. The number of aromatic nitrogens is 1. The first kappa shape index (κ1) is 13.4. The SMILES string of the molecule is CC[C@@]1(C)OCc2cnc(C(=O)N3CC(F)(F)C3)cc21. The number of alkyl halides is 2. The fourth-order valence-electron chi connectivity index (χ4n) is 2.63. The van der Waals surface area contributed by atoms with E-state index >= 15 is 0 Å². The van der Waals surface area contributed by atoms with E-state index in [0.29, 0.717) is 6.61 Å². The van der Waals surface area contributed by atoms with Gasteiger partial charge in [0.05, 0.1) is 25.3 Å². The Kier molecular flexibility index (Phi) is 2.83. The van der Waals surface area contributed by atoms with E-state index in [1.54, 1.807) is 12.3 Å². The van der Waals surface area contributed by atoms with E-state index < -0.39 is 30.5 Å². The number of carbonyl (C=O) groups is 1. The van der Waals surface area contributed by atoms with Crippen molar-refractivity contribution in [1.29, 1.82) is 0 Å². The number of pyridine rings is 1. The summed E-state index contributed by atoms with van der Waals surface area (Å²) in [4.78, 5) is 17.3. The molecule has 0 N–H and O–H groups in total. The average molecular weight is 282 g/mol. The third-order valence-corrected chi connectivity index (χ3v) is 4.13. The van der Waals surface area contributed by atoms with Crippen LogP contribution in [0.25, 0.3) is 0 Å². The van der Waals surface area contributed by atoms with Gasteiger partial charge in [-0.1, -0.05) is 6.92 Å². The van der Waals surface area contributed by atoms with E-state index in [2.05, 4.69) is 4.98 Å². The quantitative estimate of drug-likeness (QED) is 0.836. The third kappa shape index (κ3) is 1.98. The molecule has 0 saturated carbocycles. The number of hydrogen-bond donors (Lipinski definition) is 0. The maximum absolute atomic E-state index is 12.8. The van der Waals surface area contributed by atoms with Gasteiger partial charge in [-0.05, 0) is 25.0 Å². The molecule has 0 radical (unpaired) electrons. The maximum Gasteiger partial charge on any atom is 0.282 e. The standard InChI is InChI=1S/C14H16F2N2O2/c1-3-13(2)10-4-11(17-5-9(10)6-20-13)12(19)18-7-14(15,16)8-18/h4-5H,3,6-8H2,1-2H3/t13-/m1/s1. The lowest BCUT2D eigenvalue weighted by molar-refractivity contribution is -0.113. The van der Waals surface area contributed by atoms with Crippen LogP contribution in [0, 0.1) is 0 Å². The highest BCUT2D eigenvalue weighted by Gasteiger charge is 2.47. The highest BCUT2D eigenvalue weighted by Crippen LogP contribution is 2.39. The van der Waals surface area contributed by atoms with Gasteiger partial charge < -0.3 is 9.64 Å². The van der Waals surface area contributed by atoms with Crippen LogP contribution < -0.4 is 0 Å². The Morgan fingerprint density at radius 1 is 1.50 bits per heavy atom. The van der Waals surface area contributed by atoms with Crippen molar-refractivity contribution < 1.29 is 18.3 Å². The van der Waals surface area contributed by atoms with Crippen LogP contribution in [0.5, 0.6) is 0 Å². The van der Waals surface area contributed by atoms with Gasteiger partial charge in [0, 0.05) is 11.8 Å². The minimum absolute atomic E-state index is 0.212. The number of halogens is 2. The number of amides is 1. The largest absolute Gasteiger partial charge is 0.366 e. The zero-order valence-electron chi connectivity index (χ0n) is 11.4. The first-order chi connectivity index (χ1) is 9.35. The molecule has 1 amide bonds. The molecule has 4 nitrogen and oxygen atoms in total. The molecule has 3 rings (SSSR count). The second-order valence-electron chi connectivity index (χ2n) is 5.62. The molecule has 20 heavy (non-hydrogen) atoms. The van der Waals surface area contributed by atoms with Crippen molar-refractivity contribution in [2.75, 3.05) is 13.1 Å². The Balaban J connectivity index is 1.86. The Hall–Kier alpha value is -1.56. The van der Waals surface area contributed by atoms with Crippen molar-refractivity contribution in [2.45, 2.75) is 38.4 Å². The molecule has 1 saturated heterocycles. The zero-order valence-corrected chi connectivity index (χ0v) is 11.4. The molecule has 108 valence electrons. The van der Waals surface area contributed by atoms with Crippen LogP contribution in [0.3, 0.4) is 0 Å². The predicted molar refractivity (Wildman–Crippen MR) is 67.5 cm³/mol. The summed E-state index contributed by atoms with van der Waals surface area (Å²) in [5, 5.41) is 0. The molecule has 6 heteroatoms. The van der Waals surface area contributed by atoms with E-state index in [1.165, 1.54) is 0 Å². The van der Waals surface area contributed by atoms with Gasteiger partial charge in [0.25, 0.3) is 11.8 Å². The van der Waals surface area contributed by atoms with Gasteiger partial charge in [-0.15, -0.1) is 0 Å². The van der Waals surface area contributed by atoms with Crippen LogP contribution in [0.2, 0.25) is 0 Å². The van der Waals surface area contributed by atoms with Crippen LogP contribution in [0.1, 0.15) is 41.9 Å². The highest BCUT2D eigenvalue weighted by atomic mass is 19.3. The molecule has 3 heterocycles. The van der Waals surface area contributed by atoms with Crippen molar-refractivity contribution in [2.24, 2.45) is 0 Å². The van der Waals surface area contributed by atoms with Gasteiger partial charge in [0.2, 0.25) is 0 Å². The topological polar surface area (TPSA) is 42.4 Å². The Morgan fingerprint density at radius 2 is 2.20 bits per heavy atom. The second-order valence-corrected chi connectivity index (χ2v) is 5.62. The minimum atomic E-state index is -2.76. The van der Waals surface area contributed by atoms with Crippen molar-refractivity contribution in [3.63, 3.8) is 0 Å². The summed E-state index contributed by atoms with van der Waals surface area (Å²) < 4.78 is 31.4. The summed E-state index contributed by atoms with van der Waals surface area (Å²) in [5.41, 5.74) is 1.68. The number of likely N-dealkylation sites (tertiary alicyclic amines) is 1. The summed E-state index contributed by atoms with van der Waals surface area (Å²) in [6, 6.07) is 1.69. The molecule has 0 bridgehead atoms. The van der Waals surface area contributed by atoms with Crippen LogP contribution in [-0.2, 0) is 16.9 Å². The Morgan fingerprint density at radius 3 is 2.80 bits per heavy atom. The van der Waals surface area contributed by atoms with E-state index in [0.717, 1.165) is 22.4 Å². The fraction of sp³-hybridized carbons (Fsp3) is 0.571. The molecule has 2 aliphatic rings. The second kappa shape index (κ2) is 4.22. The Labute approximate surface area is 115 Å². The van der Waals surface area contributed by atoms with Gasteiger partial charge in [0.1, 0.15) is 5.69 Å². The van der Waals surface area contributed by atoms with Crippen LogP contribution >= 0.6 is 0 Å². The summed E-state index contributed by atoms with van der Waals surface area (Å²) in [5.74, 6) is -3.20. The normalized spacial score (nSPS) is 27.1. The van der Waals surface area contributed by atoms with Gasteiger partial charge in [-0.25, -0.2) is 8.78 Å². The van der Waals surface area contributed by atoms with Gasteiger partial charge >= 0.3 is 0 Å². The van der Waals surface area contributed by atoms with Crippen molar-refractivity contribution in [1.82, 2.24) is 9.88 Å². The maximum atomic E-state index is 12.8. The average Bonchev–Trinajstić information content (AvgIpc) is 2.73. The summed E-state index contributed by atoms with van der Waals surface area (Å²) >= 11 is 0. The number of carbonyl (C=O) groups excluding carboxylic acids is 1. The number of hydrogen-bond acceptors (Lipinski definition) is 3. The van der Waals surface area contributed by atoms with Crippen LogP contribution in [0.15, 0.2) is 12.3 Å². The number of fused-ring (bicyclic) bond motifs is 1. The number of nitrogens with zero attached hydrogens (tertiary/aromatic N) is 2. The first-order valence-corrected chi connectivity index (χ1v) is 6.65. The molecular formula is C14H16F2N2O2. The van der Waals surface area contributed by atoms with Crippen LogP contribution in [0.4, 0.5) is 8.78 Å². The summed E-state index contributed by atoms with van der Waals surface area (Å²) in [6.45, 7) is 3.40. The molecule has 2 aliphatic heterocycles. The molecule has 0 unspecified atom stereocenters. The van der Waals surface area contributed by atoms with E-state index in [1.807, 2.05) is 13.8 Å². The van der Waals surface area contributed by atoms with Gasteiger partial charge in [-0.2, -0.15) is 0 Å². The summed E-state index contributed by atoms with van der Waals surface area (Å²) in [7, 11) is 0. The predicted octanol–water partition coefficient (Wildman–Crippen LogP) is 2.33. The van der Waals surface area contributed by atoms with E-state index in [-0.39, 0.29) is 5.69 Å². The minimum Gasteiger partial charge on any atom is -0.366 e. The van der Waals surface area contributed by atoms with Crippen molar-refractivity contribution in [3.8, 4) is 0 Å². The summed E-state index contributed by atoms with van der Waals surface area (Å²) in [6.07, 6.45) is 2.39. The molecular weight excluding hydrogens is 266 g/mol. The smallest absolute Gasteiger partial charge is 0.282 e. The highest BCUT2D eigenvalue weighted by molar-refractivity contribution is 5.93.